The molecular weight excluding hydrogens is 461 g/mol. The number of hydrogen-bond donors (Lipinski definition) is 3. The van der Waals surface area contributed by atoms with Gasteiger partial charge in [-0.3, -0.25) is 4.79 Å². The third-order valence-corrected chi connectivity index (χ3v) is 5.22. The Morgan fingerprint density at radius 2 is 1.74 bits per heavy atom. The van der Waals surface area contributed by atoms with Gasteiger partial charge in [0, 0.05) is 16.6 Å². The van der Waals surface area contributed by atoms with Crippen LogP contribution < -0.4 is 10.1 Å². The molecule has 4 rings (SSSR count). The van der Waals surface area contributed by atoms with Crippen molar-refractivity contribution in [2.45, 2.75) is 12.3 Å². The average molecular weight is 482 g/mol. The summed E-state index contributed by atoms with van der Waals surface area (Å²) in [5.41, 5.74) is 0.937. The minimum absolute atomic E-state index is 0.0713. The summed E-state index contributed by atoms with van der Waals surface area (Å²) in [5, 5.41) is 21.6. The minimum atomic E-state index is -4.48. The lowest BCUT2D eigenvalue weighted by Crippen LogP contribution is -2.21. The summed E-state index contributed by atoms with van der Waals surface area (Å²) >= 11 is 0. The Kier molecular flexibility index (Phi) is 6.99. The van der Waals surface area contributed by atoms with E-state index in [1.54, 1.807) is 54.6 Å². The number of para-hydroxylation sites is 1. The maximum atomic E-state index is 13.1. The first kappa shape index (κ1) is 24.2. The van der Waals surface area contributed by atoms with Crippen molar-refractivity contribution >= 4 is 22.5 Å². The van der Waals surface area contributed by atoms with Gasteiger partial charge in [-0.25, -0.2) is 4.98 Å². The molecular formula is C26H21F3N2O4. The van der Waals surface area contributed by atoms with Gasteiger partial charge in [-0.1, -0.05) is 30.3 Å². The third kappa shape index (κ3) is 5.76. The molecule has 1 aromatic heterocycles. The molecule has 0 aliphatic carbocycles. The summed E-state index contributed by atoms with van der Waals surface area (Å²) in [7, 11) is 0. The summed E-state index contributed by atoms with van der Waals surface area (Å²) in [4.78, 5) is 17.5. The molecule has 3 N–H and O–H groups in total. The molecule has 0 aliphatic rings. The fraction of sp³-hybridized carbons (Fsp3) is 0.154. The summed E-state index contributed by atoms with van der Waals surface area (Å²) < 4.78 is 44.7. The number of alkyl halides is 3. The van der Waals surface area contributed by atoms with Crippen molar-refractivity contribution in [3.05, 3.63) is 90.0 Å². The van der Waals surface area contributed by atoms with Crippen LogP contribution in [0.2, 0.25) is 0 Å². The number of aromatic nitrogens is 1. The van der Waals surface area contributed by atoms with E-state index in [1.165, 1.54) is 12.1 Å². The number of anilines is 1. The number of carbonyl (C=O) groups excluding carboxylic acids is 1. The monoisotopic (exact) mass is 482 g/mol. The molecule has 1 amide bonds. The second kappa shape index (κ2) is 10.1. The second-order valence-corrected chi connectivity index (χ2v) is 7.78. The highest BCUT2D eigenvalue weighted by Gasteiger charge is 2.30. The highest BCUT2D eigenvalue weighted by atomic mass is 19.4. The Bertz CT molecular complexity index is 1340. The Morgan fingerprint density at radius 1 is 1.00 bits per heavy atom. The molecule has 35 heavy (non-hydrogen) atoms. The first-order chi connectivity index (χ1) is 16.7. The van der Waals surface area contributed by atoms with Gasteiger partial charge < -0.3 is 20.3 Å². The Labute approximate surface area is 198 Å². The number of halogens is 3. The van der Waals surface area contributed by atoms with Crippen molar-refractivity contribution in [2.24, 2.45) is 0 Å². The number of nitrogens with one attached hydrogen (secondary N) is 1. The van der Waals surface area contributed by atoms with E-state index in [4.69, 9.17) is 9.84 Å². The number of amides is 1. The number of rotatable bonds is 7. The van der Waals surface area contributed by atoms with Gasteiger partial charge in [0.05, 0.1) is 28.9 Å². The maximum absolute atomic E-state index is 13.1. The number of fused-ring (bicyclic) bond motifs is 1. The smallest absolute Gasteiger partial charge is 0.416 e. The Hall–Kier alpha value is -3.95. The van der Waals surface area contributed by atoms with Crippen molar-refractivity contribution in [3.8, 4) is 17.0 Å². The van der Waals surface area contributed by atoms with Crippen molar-refractivity contribution in [1.29, 1.82) is 0 Å². The van der Waals surface area contributed by atoms with Crippen LogP contribution in [0.5, 0.6) is 5.75 Å². The van der Waals surface area contributed by atoms with Crippen molar-refractivity contribution in [1.82, 2.24) is 4.98 Å². The zero-order valence-corrected chi connectivity index (χ0v) is 18.3. The van der Waals surface area contributed by atoms with E-state index in [0.717, 1.165) is 12.1 Å². The van der Waals surface area contributed by atoms with E-state index >= 15 is 0 Å². The number of aliphatic hydroxyl groups excluding tert-OH is 2. The lowest BCUT2D eigenvalue weighted by atomic mass is 10.0. The minimum Gasteiger partial charge on any atom is -0.491 e. The largest absolute Gasteiger partial charge is 0.491 e. The average Bonchev–Trinajstić information content (AvgIpc) is 2.87. The molecule has 0 radical (unpaired) electrons. The zero-order valence-electron chi connectivity index (χ0n) is 18.3. The molecule has 6 nitrogen and oxygen atoms in total. The molecule has 0 spiro atoms. The number of nitrogens with zero attached hydrogens (tertiary/aromatic N) is 1. The molecule has 0 aliphatic heterocycles. The van der Waals surface area contributed by atoms with E-state index in [2.05, 4.69) is 10.3 Å². The molecule has 1 atom stereocenters. The van der Waals surface area contributed by atoms with Crippen LogP contribution in [0.15, 0.2) is 78.9 Å². The van der Waals surface area contributed by atoms with E-state index in [-0.39, 0.29) is 12.2 Å². The van der Waals surface area contributed by atoms with Crippen molar-refractivity contribution in [3.63, 3.8) is 0 Å². The molecule has 180 valence electrons. The van der Waals surface area contributed by atoms with Crippen molar-refractivity contribution < 1.29 is 32.9 Å². The number of pyridine rings is 1. The number of aliphatic hydroxyl groups is 2. The summed E-state index contributed by atoms with van der Waals surface area (Å²) in [5.74, 6) is 0.0155. The number of carbonyl (C=O) groups is 1. The second-order valence-electron chi connectivity index (χ2n) is 7.78. The van der Waals surface area contributed by atoms with Crippen LogP contribution in [-0.4, -0.2) is 40.4 Å². The summed E-state index contributed by atoms with van der Waals surface area (Å²) in [6, 6.07) is 19.7. The van der Waals surface area contributed by atoms with E-state index < -0.39 is 30.4 Å². The molecule has 9 heteroatoms. The lowest BCUT2D eigenvalue weighted by Gasteiger charge is -2.12. The molecule has 1 unspecified atom stereocenters. The van der Waals surface area contributed by atoms with Crippen LogP contribution in [0, 0.1) is 0 Å². The maximum Gasteiger partial charge on any atom is 0.416 e. The predicted molar refractivity (Wildman–Crippen MR) is 125 cm³/mol. The summed E-state index contributed by atoms with van der Waals surface area (Å²) in [6.45, 7) is -0.485. The van der Waals surface area contributed by atoms with Gasteiger partial charge in [0.1, 0.15) is 18.5 Å². The Morgan fingerprint density at radius 3 is 2.46 bits per heavy atom. The standard InChI is InChI=1S/C26H21F3N2O4/c27-26(28,29)18-5-1-4-17(13-18)23-12-7-16-3-2-6-22(24(16)31-23)25(34)30-19-8-10-21(11-9-19)35-15-20(33)14-32/h1-13,20,32-33H,14-15H2,(H,30,34). The van der Waals surface area contributed by atoms with E-state index in [0.29, 0.717) is 33.6 Å². The quantitative estimate of drug-likeness (QED) is 0.348. The Balaban J connectivity index is 1.58. The van der Waals surface area contributed by atoms with Crippen LogP contribution in [0.3, 0.4) is 0 Å². The van der Waals surface area contributed by atoms with Gasteiger partial charge in [-0.05, 0) is 48.5 Å². The van der Waals surface area contributed by atoms with Gasteiger partial charge >= 0.3 is 6.18 Å². The first-order valence-corrected chi connectivity index (χ1v) is 10.6. The fourth-order valence-corrected chi connectivity index (χ4v) is 3.42. The number of ether oxygens (including phenoxy) is 1. The topological polar surface area (TPSA) is 91.7 Å². The predicted octanol–water partition coefficient (Wildman–Crippen LogP) is 4.90. The molecule has 0 saturated carbocycles. The van der Waals surface area contributed by atoms with Crippen LogP contribution in [0.4, 0.5) is 18.9 Å². The molecule has 1 heterocycles. The van der Waals surface area contributed by atoms with Gasteiger partial charge in [-0.15, -0.1) is 0 Å². The molecule has 0 bridgehead atoms. The van der Waals surface area contributed by atoms with Crippen LogP contribution in [0.1, 0.15) is 15.9 Å². The van der Waals surface area contributed by atoms with Crippen LogP contribution in [-0.2, 0) is 6.18 Å². The number of hydrogen-bond acceptors (Lipinski definition) is 5. The van der Waals surface area contributed by atoms with E-state index in [1.807, 2.05) is 0 Å². The highest BCUT2D eigenvalue weighted by Crippen LogP contribution is 2.32. The van der Waals surface area contributed by atoms with Gasteiger partial charge in [0.25, 0.3) is 5.91 Å². The van der Waals surface area contributed by atoms with Gasteiger partial charge in [0.2, 0.25) is 0 Å². The molecule has 0 fully saturated rings. The first-order valence-electron chi connectivity index (χ1n) is 10.6. The van der Waals surface area contributed by atoms with Crippen LogP contribution in [0.25, 0.3) is 22.2 Å². The van der Waals surface area contributed by atoms with Gasteiger partial charge in [0.15, 0.2) is 0 Å². The van der Waals surface area contributed by atoms with E-state index in [9.17, 15) is 23.1 Å². The zero-order chi connectivity index (χ0) is 25.0. The fourth-order valence-electron chi connectivity index (χ4n) is 3.42. The van der Waals surface area contributed by atoms with Gasteiger partial charge in [-0.2, -0.15) is 13.2 Å². The number of benzene rings is 3. The normalized spacial score (nSPS) is 12.4. The molecule has 4 aromatic rings. The SMILES string of the molecule is O=C(Nc1ccc(OCC(O)CO)cc1)c1cccc2ccc(-c3cccc(C(F)(F)F)c3)nc12. The van der Waals surface area contributed by atoms with Crippen LogP contribution >= 0.6 is 0 Å². The molecule has 0 saturated heterocycles. The molecule has 3 aromatic carbocycles. The summed E-state index contributed by atoms with van der Waals surface area (Å²) in [6.07, 6.45) is -5.47. The lowest BCUT2D eigenvalue weighted by molar-refractivity contribution is -0.137. The third-order valence-electron chi connectivity index (χ3n) is 5.22. The van der Waals surface area contributed by atoms with Crippen molar-refractivity contribution in [2.75, 3.05) is 18.5 Å². The highest BCUT2D eigenvalue weighted by molar-refractivity contribution is 6.12.